The molecule has 9 aromatic rings. The second-order valence-corrected chi connectivity index (χ2v) is 35.6. The van der Waals surface area contributed by atoms with Crippen LogP contribution in [-0.2, 0) is 58.0 Å². The van der Waals surface area contributed by atoms with Crippen LogP contribution in [0.25, 0.3) is 46.9 Å². The van der Waals surface area contributed by atoms with Gasteiger partial charge >= 0.3 is 18.0 Å². The first-order valence-electron chi connectivity index (χ1n) is 45.8. The summed E-state index contributed by atoms with van der Waals surface area (Å²) in [6, 6.07) is 36.9. The third kappa shape index (κ3) is 21.4. The van der Waals surface area contributed by atoms with Gasteiger partial charge < -0.3 is 77.6 Å². The van der Waals surface area contributed by atoms with E-state index in [2.05, 4.69) is 134 Å². The van der Waals surface area contributed by atoms with Gasteiger partial charge in [0.2, 0.25) is 37.4 Å². The van der Waals surface area contributed by atoms with Gasteiger partial charge in [0.25, 0.3) is 0 Å². The van der Waals surface area contributed by atoms with Crippen molar-refractivity contribution in [2.45, 2.75) is 109 Å². The van der Waals surface area contributed by atoms with Crippen molar-refractivity contribution < 1.29 is 46.5 Å². The summed E-state index contributed by atoms with van der Waals surface area (Å²) in [7, 11) is 0. The van der Waals surface area contributed by atoms with E-state index in [-0.39, 0.29) is 67.6 Å². The molecule has 5 atom stereocenters. The summed E-state index contributed by atoms with van der Waals surface area (Å²) in [5.74, 6) is 2.13. The molecule has 1 saturated carbocycles. The highest BCUT2D eigenvalue weighted by molar-refractivity contribution is 6.37. The van der Waals surface area contributed by atoms with E-state index in [9.17, 15) is 27.6 Å². The van der Waals surface area contributed by atoms with E-state index >= 15 is 0 Å². The number of rotatable bonds is 26. The molecule has 33 heteroatoms. The number of ether oxygens (including phenoxy) is 4. The Hall–Kier alpha value is -11.8. The Morgan fingerprint density at radius 3 is 1.14 bits per heavy atom. The molecule has 3 amide bonds. The average Bonchev–Trinajstić information content (AvgIpc) is 0.768. The van der Waals surface area contributed by atoms with E-state index in [1.807, 2.05) is 42.5 Å². The fraction of sp³-hybridized carbons (Fsp3) is 0.455. The number of hydrogen-bond donors (Lipinski definition) is 0. The molecule has 0 N–H and O–H groups in total. The van der Waals surface area contributed by atoms with Gasteiger partial charge in [-0.1, -0.05) is 128 Å². The molecule has 6 fully saturated rings. The largest absolute Gasteiger partial charge is 0.463 e. The number of carbonyl (C=O) groups excluding carboxylic acids is 3. The number of alkyl halides is 3. The second-order valence-electron chi connectivity index (χ2n) is 34.4. The second kappa shape index (κ2) is 44.1. The number of hydrogen-bond acceptors (Lipinski definition) is 21. The number of carbonyl (C=O) groups is 3. The summed E-state index contributed by atoms with van der Waals surface area (Å²) in [6.07, 6.45) is 14.2. The van der Waals surface area contributed by atoms with Crippen LogP contribution in [0.1, 0.15) is 73.3 Å². The fourth-order valence-electron chi connectivity index (χ4n) is 19.4. The molecule has 0 spiro atoms. The van der Waals surface area contributed by atoms with Crippen molar-refractivity contribution in [2.24, 2.45) is 5.92 Å². The van der Waals surface area contributed by atoms with E-state index in [0.717, 1.165) is 182 Å². The first kappa shape index (κ1) is 93.4. The summed E-state index contributed by atoms with van der Waals surface area (Å²) in [5.41, 5.74) is 9.09. The van der Waals surface area contributed by atoms with Gasteiger partial charge in [0.15, 0.2) is 0 Å². The SMILES string of the molecule is [C-]#[N+]C[C@H]1CN(c2nc(OCC3CCC3)nc3c2CCN(c2cccc4cccc(Cl)c24)C3)CCN1C(=O)/C=C/CF.[C-]#[N+]C[C@H]1CN(c2nc(OCC3CCN3CC)nc3c2CCN(c2cccc4cccc(Cl)c24)C3)CCN1C(=O)/C=C/CF.[C-]#[N+]C[C@H]1CN(c2nc(OCC3CN(CC)CCO3)nc3c2CCN(c2cccc4cccc(Cl)c24)C3)CCN1C(=O)/C=C/CF. The molecule has 1 aliphatic carbocycles. The molecule has 132 heavy (non-hydrogen) atoms. The molecule has 18 rings (SSSR count). The number of fused-ring (bicyclic) bond motifs is 6. The van der Waals surface area contributed by atoms with Crippen LogP contribution in [0.4, 0.5) is 47.7 Å². The highest BCUT2D eigenvalue weighted by Crippen LogP contribution is 2.43. The fourth-order valence-corrected chi connectivity index (χ4v) is 20.2. The lowest BCUT2D eigenvalue weighted by Crippen LogP contribution is -2.56. The van der Waals surface area contributed by atoms with Crippen LogP contribution >= 0.6 is 34.8 Å². The third-order valence-electron chi connectivity index (χ3n) is 26.6. The van der Waals surface area contributed by atoms with Crippen LogP contribution in [0.15, 0.2) is 146 Å². The molecule has 0 radical (unpaired) electrons. The Morgan fingerprint density at radius 1 is 0.432 bits per heavy atom. The maximum Gasteiger partial charge on any atom is 0.318 e. The van der Waals surface area contributed by atoms with Crippen LogP contribution in [0.5, 0.6) is 18.0 Å². The third-order valence-corrected chi connectivity index (χ3v) is 27.5. The smallest absolute Gasteiger partial charge is 0.318 e. The maximum atomic E-state index is 12.8. The number of anilines is 6. The lowest BCUT2D eigenvalue weighted by molar-refractivity contribution is -0.129. The van der Waals surface area contributed by atoms with Gasteiger partial charge in [0.05, 0.1) is 65.0 Å². The molecule has 0 bridgehead atoms. The van der Waals surface area contributed by atoms with E-state index in [1.54, 1.807) is 14.7 Å². The number of morpholine rings is 1. The first-order valence-corrected chi connectivity index (χ1v) is 46.9. The number of nitrogens with zero attached hydrogens (tertiary/aromatic N) is 20. The lowest BCUT2D eigenvalue weighted by atomic mass is 9.86. The standard InChI is InChI=1S/C34H39ClFN7O3.C33H37ClFN7O2.C32H34ClFN6O2/c1-3-40-17-18-45-26(21-40)23-46-34-38-29-22-41(30-10-5-8-24-7-4-9-28(35)32(24)30)14-12-27(29)33(39-34)42-15-16-43(25(20-42)19-37-2)31(44)11-6-13-36;1-3-39-15-12-24(39)22-44-33-37-28-21-40(29-10-5-8-23-7-4-9-27(34)31(23)29)16-13-26(28)32(38-33)41-17-18-42(25(20-41)19-36-2)30(43)11-6-14-35;1-35-18-24-19-39(16-17-40(24)29(41)12-5-14-34)31-25-13-15-38(28-11-4-9-23-8-3-10-26(33)30(23)28)20-27(25)36-32(37-31)42-21-22-6-2-7-22/h4-11,25-26H,3,12-23H2,1H3;4-11,24-25H,3,12-22H2,1H3;3-5,8-12,22,24H,2,6-7,13-21H2/b2*11-6+;12-5+/t25-,26?;24?,25-;24-/m000/s1. The molecule has 2 unspecified atom stereocenters. The molecular formula is C99H110Cl3F3N20O7. The summed E-state index contributed by atoms with van der Waals surface area (Å²) < 4.78 is 62.8. The zero-order valence-corrected chi connectivity index (χ0v) is 76.8. The van der Waals surface area contributed by atoms with Crippen molar-refractivity contribution in [3.05, 3.63) is 229 Å². The van der Waals surface area contributed by atoms with Gasteiger partial charge in [0, 0.05) is 172 Å². The van der Waals surface area contributed by atoms with Crippen LogP contribution < -0.4 is 43.6 Å². The Labute approximate surface area is 783 Å². The van der Waals surface area contributed by atoms with Crippen LogP contribution in [0.3, 0.4) is 0 Å². The van der Waals surface area contributed by atoms with Gasteiger partial charge in [0.1, 0.15) is 74.9 Å². The van der Waals surface area contributed by atoms with E-state index in [1.165, 1.54) is 55.7 Å². The van der Waals surface area contributed by atoms with Crippen molar-refractivity contribution in [3.8, 4) is 18.0 Å². The lowest BCUT2D eigenvalue weighted by Gasteiger charge is -2.41. The quantitative estimate of drug-likeness (QED) is 0.0364. The van der Waals surface area contributed by atoms with E-state index < -0.39 is 20.0 Å². The van der Waals surface area contributed by atoms with Crippen molar-refractivity contribution in [3.63, 3.8) is 0 Å². The minimum atomic E-state index is -0.709. The predicted molar refractivity (Wildman–Crippen MR) is 511 cm³/mol. The molecule has 8 aliphatic heterocycles. The van der Waals surface area contributed by atoms with Gasteiger partial charge in [-0.25, -0.2) is 32.9 Å². The number of aromatic nitrogens is 6. The predicted octanol–water partition coefficient (Wildman–Crippen LogP) is 14.7. The van der Waals surface area contributed by atoms with Crippen LogP contribution in [0, 0.1) is 25.6 Å². The molecule has 11 heterocycles. The molecule has 5 saturated heterocycles. The van der Waals surface area contributed by atoms with Crippen LogP contribution in [0.2, 0.25) is 15.1 Å². The van der Waals surface area contributed by atoms with Crippen molar-refractivity contribution in [2.75, 3.05) is 207 Å². The number of amides is 3. The normalized spacial score (nSPS) is 20.1. The maximum absolute atomic E-state index is 12.8. The monoisotopic (exact) mass is 1850 g/mol. The van der Waals surface area contributed by atoms with Gasteiger partial charge in [-0.3, -0.25) is 24.2 Å². The van der Waals surface area contributed by atoms with Crippen molar-refractivity contribution in [1.29, 1.82) is 0 Å². The first-order chi connectivity index (χ1) is 64.5. The van der Waals surface area contributed by atoms with Crippen molar-refractivity contribution >= 4 is 119 Å². The summed E-state index contributed by atoms with van der Waals surface area (Å²) in [5, 5.41) is 8.49. The highest BCUT2D eigenvalue weighted by atomic mass is 35.5. The molecule has 690 valence electrons. The Bertz CT molecular complexity index is 5860. The number of likely N-dealkylation sites (N-methyl/N-ethyl adjacent to an activating group) is 2. The number of benzene rings is 6. The Balaban J connectivity index is 0.000000145. The van der Waals surface area contributed by atoms with Crippen LogP contribution in [-0.4, -0.2) is 280 Å². The van der Waals surface area contributed by atoms with E-state index in [0.29, 0.717) is 140 Å². The summed E-state index contributed by atoms with van der Waals surface area (Å²) in [6.45, 7) is 40.2. The number of likely N-dealkylation sites (tertiary alicyclic amines) is 1. The Morgan fingerprint density at radius 2 is 0.803 bits per heavy atom. The molecule has 9 aliphatic rings. The summed E-state index contributed by atoms with van der Waals surface area (Å²) >= 11 is 20.1. The molecule has 6 aromatic carbocycles. The minimum Gasteiger partial charge on any atom is -0.463 e. The van der Waals surface area contributed by atoms with E-state index in [4.69, 9.17) is 103 Å². The number of halogens is 6. The average molecular weight is 1860 g/mol. The van der Waals surface area contributed by atoms with Gasteiger partial charge in [-0.05, 0) is 128 Å². The summed E-state index contributed by atoms with van der Waals surface area (Å²) in [4.78, 5) is 102. The molecule has 27 nitrogen and oxygen atoms in total. The Kier molecular flexibility index (Phi) is 31.2. The zero-order valence-electron chi connectivity index (χ0n) is 74.6. The minimum absolute atomic E-state index is 0.0823. The van der Waals surface area contributed by atoms with Crippen molar-refractivity contribution in [1.82, 2.24) is 54.4 Å². The molecular weight excluding hydrogens is 1740 g/mol. The highest BCUT2D eigenvalue weighted by Gasteiger charge is 2.41. The number of allylic oxidation sites excluding steroid dienone is 3. The topological polar surface area (TPSA) is 214 Å². The van der Waals surface area contributed by atoms with Gasteiger partial charge in [-0.2, -0.15) is 29.9 Å². The molecule has 3 aromatic heterocycles. The number of piperazine rings is 3. The zero-order chi connectivity index (χ0) is 91.7. The van der Waals surface area contributed by atoms with Gasteiger partial charge in [-0.15, -0.1) is 0 Å².